The predicted octanol–water partition coefficient (Wildman–Crippen LogP) is 3.96. The Labute approximate surface area is 210 Å². The lowest BCUT2D eigenvalue weighted by atomic mass is 9.80. The molecule has 0 saturated carbocycles. The van der Waals surface area contributed by atoms with Crippen molar-refractivity contribution in [1.29, 1.82) is 0 Å². The van der Waals surface area contributed by atoms with Crippen LogP contribution in [0.5, 0.6) is 0 Å². The monoisotopic (exact) mass is 506 g/mol. The number of nitrogens with zero attached hydrogens (tertiary/aromatic N) is 1. The van der Waals surface area contributed by atoms with Crippen LogP contribution in [0.1, 0.15) is 31.1 Å². The predicted molar refractivity (Wildman–Crippen MR) is 129 cm³/mol. The molecule has 1 aliphatic heterocycles. The van der Waals surface area contributed by atoms with Crippen molar-refractivity contribution in [3.05, 3.63) is 109 Å². The molecule has 1 unspecified atom stereocenters. The van der Waals surface area contributed by atoms with Crippen LogP contribution in [-0.4, -0.2) is 24.0 Å². The Morgan fingerprint density at radius 2 is 1.68 bits per heavy atom. The number of carbonyl (C=O) groups is 2. The number of nitro groups is 1. The molecule has 0 spiro atoms. The molecular weight excluding hydrogens is 484 g/mol. The molecular formula is C26H22N2O9. The number of hydrogen-bond donors (Lipinski definition) is 1. The fourth-order valence-electron chi connectivity index (χ4n) is 4.22. The SMILES string of the molecule is COC(=O)C1=C(C)NC(C)=C(C(=O)OCc2oc(=O)oc2-c2ccccc2)C1c1cccc([N+](=O)[O-])c1. The summed E-state index contributed by atoms with van der Waals surface area (Å²) in [5.41, 5.74) is 1.60. The summed E-state index contributed by atoms with van der Waals surface area (Å²) >= 11 is 0. The number of non-ortho nitro benzene ring substituents is 1. The minimum atomic E-state index is -1.02. The molecule has 1 aliphatic rings. The summed E-state index contributed by atoms with van der Waals surface area (Å²) in [6, 6.07) is 14.3. The van der Waals surface area contributed by atoms with Crippen molar-refractivity contribution in [3.63, 3.8) is 0 Å². The van der Waals surface area contributed by atoms with Crippen LogP contribution in [0.3, 0.4) is 0 Å². The normalized spacial score (nSPS) is 15.3. The average Bonchev–Trinajstić information content (AvgIpc) is 3.27. The van der Waals surface area contributed by atoms with Crippen LogP contribution < -0.4 is 11.1 Å². The summed E-state index contributed by atoms with van der Waals surface area (Å²) in [6.07, 6.45) is 0. The van der Waals surface area contributed by atoms with E-state index in [1.165, 1.54) is 25.3 Å². The number of nitro benzene ring substituents is 1. The molecule has 2 heterocycles. The number of carbonyl (C=O) groups excluding carboxylic acids is 2. The van der Waals surface area contributed by atoms with Gasteiger partial charge in [-0.2, -0.15) is 0 Å². The number of allylic oxidation sites excluding steroid dienone is 2. The molecule has 1 N–H and O–H groups in total. The summed E-state index contributed by atoms with van der Waals surface area (Å²) in [7, 11) is 1.20. The molecule has 37 heavy (non-hydrogen) atoms. The van der Waals surface area contributed by atoms with E-state index in [1.807, 2.05) is 0 Å². The van der Waals surface area contributed by atoms with E-state index in [9.17, 15) is 24.5 Å². The number of benzene rings is 2. The first-order valence-electron chi connectivity index (χ1n) is 11.1. The van der Waals surface area contributed by atoms with Gasteiger partial charge in [-0.3, -0.25) is 10.1 Å². The minimum Gasteiger partial charge on any atom is -0.466 e. The van der Waals surface area contributed by atoms with Crippen LogP contribution in [0.4, 0.5) is 5.69 Å². The van der Waals surface area contributed by atoms with Crippen molar-refractivity contribution >= 4 is 17.6 Å². The number of dihydropyridines is 1. The third-order valence-corrected chi connectivity index (χ3v) is 5.82. The first-order chi connectivity index (χ1) is 17.7. The van der Waals surface area contributed by atoms with Gasteiger partial charge < -0.3 is 23.6 Å². The van der Waals surface area contributed by atoms with Crippen molar-refractivity contribution in [1.82, 2.24) is 5.32 Å². The number of esters is 2. The standard InChI is InChI=1S/C26H22N2O9/c1-14-20(24(29)34-3)22(17-10-7-11-18(12-17)28(32)33)21(15(2)27-14)25(30)35-13-19-23(37-26(31)36-19)16-8-5-4-6-9-16/h4-12,22,27H,13H2,1-3H3. The molecule has 11 heteroatoms. The van der Waals surface area contributed by atoms with Crippen LogP contribution in [0.25, 0.3) is 11.3 Å². The molecule has 4 rings (SSSR count). The summed E-state index contributed by atoms with van der Waals surface area (Å²) in [6.45, 7) is 2.81. The molecule has 1 aromatic heterocycles. The van der Waals surface area contributed by atoms with Crippen LogP contribution in [0.2, 0.25) is 0 Å². The van der Waals surface area contributed by atoms with Gasteiger partial charge in [0.2, 0.25) is 0 Å². The van der Waals surface area contributed by atoms with E-state index in [0.717, 1.165) is 0 Å². The van der Waals surface area contributed by atoms with E-state index in [4.69, 9.17) is 18.3 Å². The Morgan fingerprint density at radius 1 is 1.00 bits per heavy atom. The van der Waals surface area contributed by atoms with Crippen LogP contribution in [0.15, 0.2) is 90.8 Å². The van der Waals surface area contributed by atoms with Crippen LogP contribution >= 0.6 is 0 Å². The highest BCUT2D eigenvalue weighted by Crippen LogP contribution is 2.40. The number of rotatable bonds is 7. The van der Waals surface area contributed by atoms with Crippen molar-refractivity contribution in [2.75, 3.05) is 7.11 Å². The topological polar surface area (TPSA) is 151 Å². The third-order valence-electron chi connectivity index (χ3n) is 5.82. The van der Waals surface area contributed by atoms with Crippen molar-refractivity contribution in [3.8, 4) is 11.3 Å². The minimum absolute atomic E-state index is 0.00150. The molecule has 190 valence electrons. The molecule has 0 fully saturated rings. The number of ether oxygens (including phenoxy) is 2. The van der Waals surface area contributed by atoms with Gasteiger partial charge in [-0.25, -0.2) is 14.4 Å². The largest absolute Gasteiger partial charge is 0.519 e. The second-order valence-corrected chi connectivity index (χ2v) is 8.13. The lowest BCUT2D eigenvalue weighted by molar-refractivity contribution is -0.384. The zero-order chi connectivity index (χ0) is 26.7. The molecule has 0 saturated heterocycles. The Hall–Kier alpha value is -4.93. The molecule has 3 aromatic rings. The molecule has 0 radical (unpaired) electrons. The summed E-state index contributed by atoms with van der Waals surface area (Å²) < 4.78 is 20.7. The fourth-order valence-corrected chi connectivity index (χ4v) is 4.22. The molecule has 1 atom stereocenters. The number of methoxy groups -OCH3 is 1. The van der Waals surface area contributed by atoms with Crippen LogP contribution in [0, 0.1) is 10.1 Å². The Morgan fingerprint density at radius 3 is 2.32 bits per heavy atom. The van der Waals surface area contributed by atoms with E-state index in [-0.39, 0.29) is 28.4 Å². The fraction of sp³-hybridized carbons (Fsp3) is 0.192. The summed E-state index contributed by atoms with van der Waals surface area (Å²) in [5, 5.41) is 14.4. The zero-order valence-corrected chi connectivity index (χ0v) is 20.1. The van der Waals surface area contributed by atoms with Gasteiger partial charge in [-0.05, 0) is 19.4 Å². The molecule has 11 nitrogen and oxygen atoms in total. The van der Waals surface area contributed by atoms with Gasteiger partial charge in [0.15, 0.2) is 18.1 Å². The van der Waals surface area contributed by atoms with E-state index in [1.54, 1.807) is 50.2 Å². The maximum Gasteiger partial charge on any atom is 0.519 e. The van der Waals surface area contributed by atoms with Crippen LogP contribution in [-0.2, 0) is 25.7 Å². The molecule has 0 bridgehead atoms. The highest BCUT2D eigenvalue weighted by molar-refractivity contribution is 5.99. The van der Waals surface area contributed by atoms with Gasteiger partial charge in [0, 0.05) is 29.1 Å². The number of hydrogen-bond acceptors (Lipinski definition) is 10. The van der Waals surface area contributed by atoms with E-state index in [2.05, 4.69) is 5.32 Å². The van der Waals surface area contributed by atoms with E-state index in [0.29, 0.717) is 22.5 Å². The van der Waals surface area contributed by atoms with Crippen molar-refractivity contribution < 1.29 is 32.8 Å². The van der Waals surface area contributed by atoms with Gasteiger partial charge in [0.05, 0.1) is 29.1 Å². The van der Waals surface area contributed by atoms with Gasteiger partial charge in [-0.1, -0.05) is 42.5 Å². The molecule has 0 aliphatic carbocycles. The van der Waals surface area contributed by atoms with Gasteiger partial charge in [-0.15, -0.1) is 0 Å². The highest BCUT2D eigenvalue weighted by Gasteiger charge is 2.38. The lowest BCUT2D eigenvalue weighted by Crippen LogP contribution is -2.32. The van der Waals surface area contributed by atoms with E-state index < -0.39 is 35.2 Å². The van der Waals surface area contributed by atoms with Gasteiger partial charge in [0.1, 0.15) is 0 Å². The zero-order valence-electron chi connectivity index (χ0n) is 20.1. The summed E-state index contributed by atoms with van der Waals surface area (Å²) in [5.74, 6) is -3.41. The second kappa shape index (κ2) is 10.4. The Balaban J connectivity index is 1.71. The second-order valence-electron chi connectivity index (χ2n) is 8.13. The first-order valence-corrected chi connectivity index (χ1v) is 11.1. The van der Waals surface area contributed by atoms with E-state index >= 15 is 0 Å². The quantitative estimate of drug-likeness (QED) is 0.283. The first kappa shape index (κ1) is 25.2. The third kappa shape index (κ3) is 5.06. The summed E-state index contributed by atoms with van der Waals surface area (Å²) in [4.78, 5) is 48.8. The smallest absolute Gasteiger partial charge is 0.466 e. The maximum absolute atomic E-state index is 13.4. The number of nitrogens with one attached hydrogen (secondary N) is 1. The van der Waals surface area contributed by atoms with Crippen molar-refractivity contribution in [2.45, 2.75) is 26.4 Å². The molecule has 0 amide bonds. The average molecular weight is 506 g/mol. The Kier molecular flexibility index (Phi) is 7.05. The molecule has 2 aromatic carbocycles. The maximum atomic E-state index is 13.4. The van der Waals surface area contributed by atoms with Gasteiger partial charge >= 0.3 is 17.8 Å². The Bertz CT molecular complexity index is 1500. The van der Waals surface area contributed by atoms with Crippen molar-refractivity contribution in [2.24, 2.45) is 0 Å². The van der Waals surface area contributed by atoms with Gasteiger partial charge in [0.25, 0.3) is 5.69 Å². The highest BCUT2D eigenvalue weighted by atomic mass is 16.6. The lowest BCUT2D eigenvalue weighted by Gasteiger charge is -2.30.